The van der Waals surface area contributed by atoms with Crippen molar-refractivity contribution in [3.8, 4) is 0 Å². The number of carbonyl (C=O) groups excluding carboxylic acids is 1. The zero-order valence-electron chi connectivity index (χ0n) is 11.8. The van der Waals surface area contributed by atoms with Crippen molar-refractivity contribution in [3.05, 3.63) is 36.9 Å². The zero-order valence-corrected chi connectivity index (χ0v) is 11.8. The van der Waals surface area contributed by atoms with Crippen LogP contribution in [0.5, 0.6) is 0 Å². The van der Waals surface area contributed by atoms with E-state index in [2.05, 4.69) is 48.1 Å². The maximum atomic E-state index is 11.4. The molecule has 0 saturated carbocycles. The Morgan fingerprint density at radius 3 is 2.42 bits per heavy atom. The SMILES string of the molecule is C=CCNC(=O)CNc1ccc(N(CC)CC)cc1. The molecular weight excluding hydrogens is 238 g/mol. The minimum atomic E-state index is -0.0345. The maximum Gasteiger partial charge on any atom is 0.239 e. The molecule has 0 aromatic heterocycles. The van der Waals surface area contributed by atoms with Crippen LogP contribution in [0.4, 0.5) is 11.4 Å². The number of hydrogen-bond acceptors (Lipinski definition) is 3. The highest BCUT2D eigenvalue weighted by atomic mass is 16.1. The molecule has 4 heteroatoms. The van der Waals surface area contributed by atoms with Crippen molar-refractivity contribution in [2.45, 2.75) is 13.8 Å². The predicted octanol–water partition coefficient (Wildman–Crippen LogP) is 2.25. The first kappa shape index (κ1) is 15.1. The van der Waals surface area contributed by atoms with E-state index in [-0.39, 0.29) is 12.5 Å². The first-order chi connectivity index (χ1) is 9.21. The molecule has 2 N–H and O–H groups in total. The molecule has 0 aliphatic carbocycles. The molecule has 0 radical (unpaired) electrons. The van der Waals surface area contributed by atoms with E-state index in [1.54, 1.807) is 6.08 Å². The fraction of sp³-hybridized carbons (Fsp3) is 0.400. The lowest BCUT2D eigenvalue weighted by molar-refractivity contribution is -0.119. The quantitative estimate of drug-likeness (QED) is 0.705. The van der Waals surface area contributed by atoms with E-state index in [0.29, 0.717) is 6.54 Å². The van der Waals surface area contributed by atoms with Crippen LogP contribution in [0.1, 0.15) is 13.8 Å². The summed E-state index contributed by atoms with van der Waals surface area (Å²) in [7, 11) is 0. The third-order valence-electron chi connectivity index (χ3n) is 2.89. The first-order valence-corrected chi connectivity index (χ1v) is 6.67. The molecule has 19 heavy (non-hydrogen) atoms. The van der Waals surface area contributed by atoms with Crippen LogP contribution in [-0.2, 0) is 4.79 Å². The third kappa shape index (κ3) is 5.04. The Hall–Kier alpha value is -1.97. The fourth-order valence-corrected chi connectivity index (χ4v) is 1.81. The van der Waals surface area contributed by atoms with Crippen LogP contribution in [-0.4, -0.2) is 32.1 Å². The molecule has 0 heterocycles. The van der Waals surface area contributed by atoms with Crippen molar-refractivity contribution < 1.29 is 4.79 Å². The summed E-state index contributed by atoms with van der Waals surface area (Å²) in [6.07, 6.45) is 1.66. The second kappa shape index (κ2) is 8.19. The van der Waals surface area contributed by atoms with Crippen LogP contribution in [0.25, 0.3) is 0 Å². The number of nitrogens with zero attached hydrogens (tertiary/aromatic N) is 1. The van der Waals surface area contributed by atoms with E-state index in [1.807, 2.05) is 12.1 Å². The highest BCUT2D eigenvalue weighted by molar-refractivity contribution is 5.80. The van der Waals surface area contributed by atoms with Crippen LogP contribution >= 0.6 is 0 Å². The number of rotatable bonds is 8. The van der Waals surface area contributed by atoms with Gasteiger partial charge in [-0.1, -0.05) is 6.08 Å². The lowest BCUT2D eigenvalue weighted by atomic mass is 10.2. The molecule has 0 spiro atoms. The van der Waals surface area contributed by atoms with Crippen molar-refractivity contribution >= 4 is 17.3 Å². The average Bonchev–Trinajstić information content (AvgIpc) is 2.45. The standard InChI is InChI=1S/C15H23N3O/c1-4-11-16-15(19)12-17-13-7-9-14(10-8-13)18(5-2)6-3/h4,7-10,17H,1,5-6,11-12H2,2-3H3,(H,16,19). The summed E-state index contributed by atoms with van der Waals surface area (Å²) in [4.78, 5) is 13.7. The summed E-state index contributed by atoms with van der Waals surface area (Å²) in [6, 6.07) is 8.12. The van der Waals surface area contributed by atoms with Crippen molar-refractivity contribution in [2.24, 2.45) is 0 Å². The smallest absolute Gasteiger partial charge is 0.239 e. The van der Waals surface area contributed by atoms with Gasteiger partial charge in [-0.2, -0.15) is 0 Å². The zero-order chi connectivity index (χ0) is 14.1. The summed E-state index contributed by atoms with van der Waals surface area (Å²) in [6.45, 7) is 10.6. The molecule has 1 rings (SSSR count). The van der Waals surface area contributed by atoms with Crippen molar-refractivity contribution in [1.29, 1.82) is 0 Å². The van der Waals surface area contributed by atoms with Crippen LogP contribution in [0, 0.1) is 0 Å². The average molecular weight is 261 g/mol. The van der Waals surface area contributed by atoms with Crippen LogP contribution in [0.15, 0.2) is 36.9 Å². The Balaban J connectivity index is 2.48. The molecule has 1 amide bonds. The molecule has 0 aliphatic heterocycles. The topological polar surface area (TPSA) is 44.4 Å². The molecule has 0 atom stereocenters. The lowest BCUT2D eigenvalue weighted by Gasteiger charge is -2.21. The largest absolute Gasteiger partial charge is 0.376 e. The van der Waals surface area contributed by atoms with Gasteiger partial charge in [0.2, 0.25) is 5.91 Å². The minimum Gasteiger partial charge on any atom is -0.376 e. The van der Waals surface area contributed by atoms with Gasteiger partial charge in [-0.05, 0) is 38.1 Å². The molecule has 0 aliphatic rings. The van der Waals surface area contributed by atoms with E-state index in [9.17, 15) is 4.79 Å². The van der Waals surface area contributed by atoms with Gasteiger partial charge in [0.1, 0.15) is 0 Å². The molecule has 104 valence electrons. The van der Waals surface area contributed by atoms with Gasteiger partial charge < -0.3 is 15.5 Å². The van der Waals surface area contributed by atoms with E-state index >= 15 is 0 Å². The van der Waals surface area contributed by atoms with E-state index in [0.717, 1.165) is 18.8 Å². The number of amides is 1. The predicted molar refractivity (Wildman–Crippen MR) is 81.7 cm³/mol. The number of hydrogen-bond donors (Lipinski definition) is 2. The molecule has 0 fully saturated rings. The van der Waals surface area contributed by atoms with Crippen molar-refractivity contribution in [1.82, 2.24) is 5.32 Å². The third-order valence-corrected chi connectivity index (χ3v) is 2.89. The Morgan fingerprint density at radius 2 is 1.89 bits per heavy atom. The number of anilines is 2. The van der Waals surface area contributed by atoms with Crippen LogP contribution in [0.3, 0.4) is 0 Å². The first-order valence-electron chi connectivity index (χ1n) is 6.67. The molecule has 1 aromatic rings. The summed E-state index contributed by atoms with van der Waals surface area (Å²) in [5, 5.41) is 5.81. The fourth-order valence-electron chi connectivity index (χ4n) is 1.81. The molecule has 4 nitrogen and oxygen atoms in total. The second-order valence-corrected chi connectivity index (χ2v) is 4.17. The normalized spacial score (nSPS) is 9.79. The van der Waals surface area contributed by atoms with E-state index < -0.39 is 0 Å². The molecule has 1 aromatic carbocycles. The van der Waals surface area contributed by atoms with Crippen LogP contribution in [0.2, 0.25) is 0 Å². The monoisotopic (exact) mass is 261 g/mol. The lowest BCUT2D eigenvalue weighted by Crippen LogP contribution is -2.29. The maximum absolute atomic E-state index is 11.4. The minimum absolute atomic E-state index is 0.0345. The highest BCUT2D eigenvalue weighted by Crippen LogP contribution is 2.17. The van der Waals surface area contributed by atoms with Crippen molar-refractivity contribution in [2.75, 3.05) is 36.4 Å². The van der Waals surface area contributed by atoms with E-state index in [1.165, 1.54) is 5.69 Å². The molecule has 0 saturated heterocycles. The van der Waals surface area contributed by atoms with Gasteiger partial charge in [0.15, 0.2) is 0 Å². The highest BCUT2D eigenvalue weighted by Gasteiger charge is 2.02. The Morgan fingerprint density at radius 1 is 1.26 bits per heavy atom. The van der Waals surface area contributed by atoms with Crippen molar-refractivity contribution in [3.63, 3.8) is 0 Å². The van der Waals surface area contributed by atoms with Gasteiger partial charge >= 0.3 is 0 Å². The molecule has 0 unspecified atom stereocenters. The Kier molecular flexibility index (Phi) is 6.50. The Labute approximate surface area is 115 Å². The summed E-state index contributed by atoms with van der Waals surface area (Å²) in [5.74, 6) is -0.0345. The molecular formula is C15H23N3O. The number of nitrogens with one attached hydrogen (secondary N) is 2. The van der Waals surface area contributed by atoms with Gasteiger partial charge in [0.05, 0.1) is 6.54 Å². The van der Waals surface area contributed by atoms with Crippen LogP contribution < -0.4 is 15.5 Å². The summed E-state index contributed by atoms with van der Waals surface area (Å²) in [5.41, 5.74) is 2.15. The summed E-state index contributed by atoms with van der Waals surface area (Å²) < 4.78 is 0. The van der Waals surface area contributed by atoms with Gasteiger partial charge in [0.25, 0.3) is 0 Å². The second-order valence-electron chi connectivity index (χ2n) is 4.17. The van der Waals surface area contributed by atoms with E-state index in [4.69, 9.17) is 0 Å². The number of carbonyl (C=O) groups is 1. The summed E-state index contributed by atoms with van der Waals surface area (Å²) >= 11 is 0. The van der Waals surface area contributed by atoms with Gasteiger partial charge in [-0.15, -0.1) is 6.58 Å². The van der Waals surface area contributed by atoms with Gasteiger partial charge in [-0.3, -0.25) is 4.79 Å². The number of benzene rings is 1. The Bertz CT molecular complexity index is 396. The van der Waals surface area contributed by atoms with Gasteiger partial charge in [0, 0.05) is 31.0 Å². The molecule has 0 bridgehead atoms. The van der Waals surface area contributed by atoms with Gasteiger partial charge in [-0.25, -0.2) is 0 Å².